The molecule has 2 aromatic carbocycles. The van der Waals surface area contributed by atoms with Gasteiger partial charge < -0.3 is 19.8 Å². The zero-order chi connectivity index (χ0) is 22.6. The van der Waals surface area contributed by atoms with Crippen molar-refractivity contribution in [2.45, 2.75) is 12.8 Å². The highest BCUT2D eigenvalue weighted by molar-refractivity contribution is 6.27. The molecule has 31 heavy (non-hydrogen) atoms. The molecular formula is C23H28N2O6. The molecule has 0 spiro atoms. The number of nitrogens with zero attached hydrogens (tertiary/aromatic N) is 2. The van der Waals surface area contributed by atoms with Gasteiger partial charge in [0.1, 0.15) is 5.75 Å². The molecule has 1 fully saturated rings. The van der Waals surface area contributed by atoms with Gasteiger partial charge in [-0.2, -0.15) is 0 Å². The second-order valence-corrected chi connectivity index (χ2v) is 7.06. The van der Waals surface area contributed by atoms with E-state index in [1.807, 2.05) is 29.2 Å². The molecule has 1 aliphatic heterocycles. The van der Waals surface area contributed by atoms with E-state index in [9.17, 15) is 4.79 Å². The van der Waals surface area contributed by atoms with E-state index in [4.69, 9.17) is 24.5 Å². The topological polar surface area (TPSA) is 107 Å². The zero-order valence-corrected chi connectivity index (χ0v) is 17.6. The highest BCUT2D eigenvalue weighted by atomic mass is 16.5. The van der Waals surface area contributed by atoms with Gasteiger partial charge in [-0.15, -0.1) is 0 Å². The van der Waals surface area contributed by atoms with Gasteiger partial charge in [-0.05, 0) is 49.2 Å². The van der Waals surface area contributed by atoms with E-state index in [0.717, 1.165) is 56.9 Å². The van der Waals surface area contributed by atoms with E-state index < -0.39 is 11.9 Å². The first-order valence-corrected chi connectivity index (χ1v) is 10.1. The predicted molar refractivity (Wildman–Crippen MR) is 115 cm³/mol. The fourth-order valence-corrected chi connectivity index (χ4v) is 3.24. The Kier molecular flexibility index (Phi) is 9.51. The van der Waals surface area contributed by atoms with E-state index in [-0.39, 0.29) is 5.91 Å². The summed E-state index contributed by atoms with van der Waals surface area (Å²) >= 11 is 0. The summed E-state index contributed by atoms with van der Waals surface area (Å²) in [6, 6.07) is 18.0. The second kappa shape index (κ2) is 12.3. The maximum absolute atomic E-state index is 12.6. The normalized spacial score (nSPS) is 13.6. The Morgan fingerprint density at radius 2 is 1.45 bits per heavy atom. The van der Waals surface area contributed by atoms with Crippen LogP contribution in [0.3, 0.4) is 0 Å². The summed E-state index contributed by atoms with van der Waals surface area (Å²) in [7, 11) is 1.63. The minimum Gasteiger partial charge on any atom is -0.497 e. The first-order chi connectivity index (χ1) is 14.9. The Bertz CT molecular complexity index is 834. The van der Waals surface area contributed by atoms with Crippen molar-refractivity contribution in [3.05, 3.63) is 65.7 Å². The molecular weight excluding hydrogens is 400 g/mol. The summed E-state index contributed by atoms with van der Waals surface area (Å²) in [4.78, 5) is 35.2. The summed E-state index contributed by atoms with van der Waals surface area (Å²) in [6.07, 6.45) is 2.28. The van der Waals surface area contributed by atoms with Gasteiger partial charge in [0.15, 0.2) is 0 Å². The van der Waals surface area contributed by atoms with Crippen LogP contribution in [0.1, 0.15) is 22.3 Å². The number of carboxylic acids is 2. The first-order valence-electron chi connectivity index (χ1n) is 10.1. The summed E-state index contributed by atoms with van der Waals surface area (Å²) < 4.78 is 5.15. The third-order valence-electron chi connectivity index (χ3n) is 4.96. The zero-order valence-electron chi connectivity index (χ0n) is 17.6. The van der Waals surface area contributed by atoms with Gasteiger partial charge in [-0.1, -0.05) is 30.3 Å². The van der Waals surface area contributed by atoms with Crippen molar-refractivity contribution in [1.82, 2.24) is 9.80 Å². The predicted octanol–water partition coefficient (Wildman–Crippen LogP) is 2.24. The number of benzene rings is 2. The number of ether oxygens (including phenoxy) is 1. The summed E-state index contributed by atoms with van der Waals surface area (Å²) in [5.74, 6) is -2.75. The maximum atomic E-state index is 12.6. The second-order valence-electron chi connectivity index (χ2n) is 7.06. The minimum atomic E-state index is -1.82. The third-order valence-corrected chi connectivity index (χ3v) is 4.96. The molecule has 0 bridgehead atoms. The molecule has 0 unspecified atom stereocenters. The largest absolute Gasteiger partial charge is 0.497 e. The van der Waals surface area contributed by atoms with Crippen LogP contribution in [0.15, 0.2) is 54.6 Å². The van der Waals surface area contributed by atoms with Gasteiger partial charge >= 0.3 is 11.9 Å². The van der Waals surface area contributed by atoms with Crippen LogP contribution >= 0.6 is 0 Å². The van der Waals surface area contributed by atoms with E-state index in [1.165, 1.54) is 5.56 Å². The number of aliphatic carboxylic acids is 2. The lowest BCUT2D eigenvalue weighted by atomic mass is 10.1. The summed E-state index contributed by atoms with van der Waals surface area (Å²) in [5.41, 5.74) is 2.13. The fourth-order valence-electron chi connectivity index (χ4n) is 3.24. The Balaban J connectivity index is 0.000000501. The van der Waals surface area contributed by atoms with Crippen molar-refractivity contribution in [3.63, 3.8) is 0 Å². The lowest BCUT2D eigenvalue weighted by Gasteiger charge is -2.34. The highest BCUT2D eigenvalue weighted by Gasteiger charge is 2.21. The van der Waals surface area contributed by atoms with E-state index in [2.05, 4.69) is 35.2 Å². The van der Waals surface area contributed by atoms with Crippen LogP contribution in [-0.4, -0.2) is 77.7 Å². The minimum absolute atomic E-state index is 0.117. The molecule has 0 aromatic heterocycles. The SMILES string of the molecule is COc1ccc(C(=O)N2CCN(CCCc3ccccc3)CC2)cc1.O=C(O)C(=O)O. The van der Waals surface area contributed by atoms with E-state index in [0.29, 0.717) is 0 Å². The number of amides is 1. The molecule has 0 radical (unpaired) electrons. The van der Waals surface area contributed by atoms with E-state index >= 15 is 0 Å². The fraction of sp³-hybridized carbons (Fsp3) is 0.348. The number of carboxylic acid groups (broad SMARTS) is 2. The number of carbonyl (C=O) groups is 3. The third kappa shape index (κ3) is 8.10. The van der Waals surface area contributed by atoms with Crippen LogP contribution in [0.25, 0.3) is 0 Å². The quantitative estimate of drug-likeness (QED) is 0.680. The number of hydrogen-bond acceptors (Lipinski definition) is 5. The molecule has 166 valence electrons. The van der Waals surface area contributed by atoms with Crippen molar-refractivity contribution >= 4 is 17.8 Å². The molecule has 0 atom stereocenters. The number of aryl methyl sites for hydroxylation is 1. The molecule has 1 aliphatic rings. The standard InChI is InChI=1S/C21H26N2O2.C2H2O4/c1-25-20-11-9-19(10-12-20)21(24)23-16-14-22(15-17-23)13-5-8-18-6-3-2-4-7-18;3-1(4)2(5)6/h2-4,6-7,9-12H,5,8,13-17H2,1H3;(H,3,4)(H,5,6). The smallest absolute Gasteiger partial charge is 0.414 e. The number of piperazine rings is 1. The molecule has 8 heteroatoms. The lowest BCUT2D eigenvalue weighted by molar-refractivity contribution is -0.159. The van der Waals surface area contributed by atoms with Crippen molar-refractivity contribution < 1.29 is 29.3 Å². The monoisotopic (exact) mass is 428 g/mol. The summed E-state index contributed by atoms with van der Waals surface area (Å²) in [6.45, 7) is 4.61. The highest BCUT2D eigenvalue weighted by Crippen LogP contribution is 2.14. The summed E-state index contributed by atoms with van der Waals surface area (Å²) in [5, 5.41) is 14.8. The van der Waals surface area contributed by atoms with E-state index in [1.54, 1.807) is 7.11 Å². The molecule has 1 heterocycles. The molecule has 8 nitrogen and oxygen atoms in total. The lowest BCUT2D eigenvalue weighted by Crippen LogP contribution is -2.48. The molecule has 0 saturated carbocycles. The molecule has 3 rings (SSSR count). The molecule has 1 amide bonds. The Hall–Kier alpha value is -3.39. The molecule has 0 aliphatic carbocycles. The first kappa shape index (κ1) is 23.9. The van der Waals surface area contributed by atoms with Gasteiger partial charge in [-0.3, -0.25) is 9.69 Å². The number of hydrogen-bond donors (Lipinski definition) is 2. The number of carbonyl (C=O) groups excluding carboxylic acids is 1. The van der Waals surface area contributed by atoms with Crippen molar-refractivity contribution in [3.8, 4) is 5.75 Å². The number of rotatable bonds is 6. The Morgan fingerprint density at radius 3 is 1.97 bits per heavy atom. The van der Waals surface area contributed by atoms with Gasteiger partial charge in [0, 0.05) is 31.7 Å². The van der Waals surface area contributed by atoms with Crippen LogP contribution in [0.5, 0.6) is 5.75 Å². The number of methoxy groups -OCH3 is 1. The van der Waals surface area contributed by atoms with Crippen LogP contribution in [-0.2, 0) is 16.0 Å². The average molecular weight is 428 g/mol. The van der Waals surface area contributed by atoms with Crippen molar-refractivity contribution in [2.75, 3.05) is 39.8 Å². The molecule has 2 aromatic rings. The van der Waals surface area contributed by atoms with Gasteiger partial charge in [0.25, 0.3) is 5.91 Å². The Labute approximate surface area is 181 Å². The van der Waals surface area contributed by atoms with Crippen LogP contribution in [0.2, 0.25) is 0 Å². The Morgan fingerprint density at radius 1 is 0.871 bits per heavy atom. The van der Waals surface area contributed by atoms with Crippen molar-refractivity contribution in [2.24, 2.45) is 0 Å². The van der Waals surface area contributed by atoms with Crippen LogP contribution in [0, 0.1) is 0 Å². The average Bonchev–Trinajstić information content (AvgIpc) is 2.80. The molecule has 2 N–H and O–H groups in total. The van der Waals surface area contributed by atoms with Crippen molar-refractivity contribution in [1.29, 1.82) is 0 Å². The van der Waals surface area contributed by atoms with Gasteiger partial charge in [0.2, 0.25) is 0 Å². The maximum Gasteiger partial charge on any atom is 0.414 e. The van der Waals surface area contributed by atoms with Gasteiger partial charge in [-0.25, -0.2) is 9.59 Å². The molecule has 1 saturated heterocycles. The van der Waals surface area contributed by atoms with Crippen LogP contribution in [0.4, 0.5) is 0 Å². The van der Waals surface area contributed by atoms with Crippen LogP contribution < -0.4 is 4.74 Å². The van der Waals surface area contributed by atoms with Gasteiger partial charge in [0.05, 0.1) is 7.11 Å².